The van der Waals surface area contributed by atoms with Crippen LogP contribution in [-0.4, -0.2) is 47.0 Å². The SMILES string of the molecule is O=C(Nc1cccnc1)[C@@H]1C[C@@H]2OCC[C@@H]2N(C(=O)c2ccco2)C1. The summed E-state index contributed by atoms with van der Waals surface area (Å²) in [6.45, 7) is 0.963. The van der Waals surface area contributed by atoms with Gasteiger partial charge in [0.1, 0.15) is 0 Å². The fourth-order valence-corrected chi connectivity index (χ4v) is 3.59. The molecular weight excluding hydrogens is 322 g/mol. The van der Waals surface area contributed by atoms with Crippen LogP contribution in [0.25, 0.3) is 0 Å². The molecule has 2 aliphatic rings. The standard InChI is InChI=1S/C18H19N3O4/c22-17(20-13-3-1-6-19-10-13)12-9-16-14(5-8-25-16)21(11-12)18(23)15-4-2-7-24-15/h1-4,6-7,10,12,14,16H,5,8-9,11H2,(H,20,22)/t12-,14+,16+/m1/s1. The monoisotopic (exact) mass is 341 g/mol. The summed E-state index contributed by atoms with van der Waals surface area (Å²) in [7, 11) is 0. The molecule has 0 saturated carbocycles. The highest BCUT2D eigenvalue weighted by Gasteiger charge is 2.44. The van der Waals surface area contributed by atoms with Crippen molar-refractivity contribution in [3.05, 3.63) is 48.7 Å². The van der Waals surface area contributed by atoms with Crippen molar-refractivity contribution in [2.24, 2.45) is 5.92 Å². The molecule has 0 aromatic carbocycles. The van der Waals surface area contributed by atoms with Gasteiger partial charge in [-0.1, -0.05) is 0 Å². The van der Waals surface area contributed by atoms with Crippen molar-refractivity contribution >= 4 is 17.5 Å². The molecule has 7 nitrogen and oxygen atoms in total. The summed E-state index contributed by atoms with van der Waals surface area (Å²) in [4.78, 5) is 31.1. The number of anilines is 1. The Labute approximate surface area is 145 Å². The lowest BCUT2D eigenvalue weighted by molar-refractivity contribution is -0.123. The molecule has 2 aromatic rings. The Kier molecular flexibility index (Phi) is 4.23. The Hall–Kier alpha value is -2.67. The minimum Gasteiger partial charge on any atom is -0.459 e. The van der Waals surface area contributed by atoms with Crippen molar-refractivity contribution in [1.82, 2.24) is 9.88 Å². The zero-order valence-electron chi connectivity index (χ0n) is 13.6. The number of likely N-dealkylation sites (tertiary alicyclic amines) is 1. The molecule has 7 heteroatoms. The third kappa shape index (κ3) is 3.15. The maximum Gasteiger partial charge on any atom is 0.289 e. The molecule has 1 N–H and O–H groups in total. The number of nitrogens with one attached hydrogen (secondary N) is 1. The van der Waals surface area contributed by atoms with E-state index in [9.17, 15) is 9.59 Å². The minimum atomic E-state index is -0.335. The molecule has 2 aromatic heterocycles. The molecule has 2 amide bonds. The molecule has 2 fully saturated rings. The van der Waals surface area contributed by atoms with Crippen LogP contribution in [0.2, 0.25) is 0 Å². The summed E-state index contributed by atoms with van der Waals surface area (Å²) >= 11 is 0. The fourth-order valence-electron chi connectivity index (χ4n) is 3.59. The van der Waals surface area contributed by atoms with E-state index in [2.05, 4.69) is 10.3 Å². The number of fused-ring (bicyclic) bond motifs is 1. The van der Waals surface area contributed by atoms with Gasteiger partial charge in [0.25, 0.3) is 5.91 Å². The predicted octanol–water partition coefficient (Wildman–Crippen LogP) is 1.93. The average molecular weight is 341 g/mol. The molecule has 130 valence electrons. The smallest absolute Gasteiger partial charge is 0.289 e. The second kappa shape index (κ2) is 6.68. The lowest BCUT2D eigenvalue weighted by Crippen LogP contribution is -2.54. The quantitative estimate of drug-likeness (QED) is 0.922. The van der Waals surface area contributed by atoms with E-state index in [1.165, 1.54) is 6.26 Å². The number of pyridine rings is 1. The normalized spacial score (nSPS) is 25.4. The molecular formula is C18H19N3O4. The summed E-state index contributed by atoms with van der Waals surface area (Å²) in [5, 5.41) is 2.87. The summed E-state index contributed by atoms with van der Waals surface area (Å²) in [5.74, 6) is -0.360. The van der Waals surface area contributed by atoms with Crippen LogP contribution in [0.4, 0.5) is 5.69 Å². The third-order valence-electron chi connectivity index (χ3n) is 4.80. The van der Waals surface area contributed by atoms with Gasteiger partial charge in [0.2, 0.25) is 5.91 Å². The van der Waals surface area contributed by atoms with Gasteiger partial charge < -0.3 is 19.4 Å². The Balaban J connectivity index is 1.52. The number of carbonyl (C=O) groups is 2. The molecule has 25 heavy (non-hydrogen) atoms. The number of hydrogen-bond donors (Lipinski definition) is 1. The molecule has 3 atom stereocenters. The first kappa shape index (κ1) is 15.8. The van der Waals surface area contributed by atoms with Crippen LogP contribution in [0.1, 0.15) is 23.4 Å². The minimum absolute atomic E-state index is 0.0000388. The van der Waals surface area contributed by atoms with Gasteiger partial charge in [-0.05, 0) is 37.1 Å². The topological polar surface area (TPSA) is 84.7 Å². The lowest BCUT2D eigenvalue weighted by Gasteiger charge is -2.39. The zero-order chi connectivity index (χ0) is 17.2. The van der Waals surface area contributed by atoms with Crippen molar-refractivity contribution in [3.63, 3.8) is 0 Å². The van der Waals surface area contributed by atoms with E-state index in [0.717, 1.165) is 6.42 Å². The maximum absolute atomic E-state index is 12.8. The first-order chi connectivity index (χ1) is 12.2. The number of ether oxygens (including phenoxy) is 1. The first-order valence-corrected chi connectivity index (χ1v) is 8.39. The lowest BCUT2D eigenvalue weighted by atomic mass is 9.89. The van der Waals surface area contributed by atoms with Crippen molar-refractivity contribution in [2.75, 3.05) is 18.5 Å². The number of aromatic nitrogens is 1. The number of piperidine rings is 1. The van der Waals surface area contributed by atoms with E-state index in [0.29, 0.717) is 31.0 Å². The van der Waals surface area contributed by atoms with Gasteiger partial charge in [-0.3, -0.25) is 14.6 Å². The van der Waals surface area contributed by atoms with E-state index < -0.39 is 0 Å². The van der Waals surface area contributed by atoms with Crippen LogP contribution >= 0.6 is 0 Å². The molecule has 0 spiro atoms. The fraction of sp³-hybridized carbons (Fsp3) is 0.389. The highest BCUT2D eigenvalue weighted by molar-refractivity contribution is 5.95. The van der Waals surface area contributed by atoms with Crippen molar-refractivity contribution in [2.45, 2.75) is 25.0 Å². The van der Waals surface area contributed by atoms with Crippen LogP contribution < -0.4 is 5.32 Å². The molecule has 4 rings (SSSR count). The van der Waals surface area contributed by atoms with Crippen molar-refractivity contribution in [3.8, 4) is 0 Å². The van der Waals surface area contributed by atoms with Crippen LogP contribution in [0.3, 0.4) is 0 Å². The van der Waals surface area contributed by atoms with E-state index in [-0.39, 0.29) is 29.9 Å². The summed E-state index contributed by atoms with van der Waals surface area (Å²) in [6, 6.07) is 6.88. The van der Waals surface area contributed by atoms with Gasteiger partial charge in [-0.2, -0.15) is 0 Å². The summed E-state index contributed by atoms with van der Waals surface area (Å²) < 4.78 is 11.0. The summed E-state index contributed by atoms with van der Waals surface area (Å²) in [6.07, 6.45) is 6.01. The summed E-state index contributed by atoms with van der Waals surface area (Å²) in [5.41, 5.74) is 0.644. The molecule has 0 unspecified atom stereocenters. The zero-order valence-corrected chi connectivity index (χ0v) is 13.6. The van der Waals surface area contributed by atoms with Crippen LogP contribution in [0.5, 0.6) is 0 Å². The number of hydrogen-bond acceptors (Lipinski definition) is 5. The molecule has 4 heterocycles. The second-order valence-corrected chi connectivity index (χ2v) is 6.36. The van der Waals surface area contributed by atoms with Gasteiger partial charge in [0.15, 0.2) is 5.76 Å². The van der Waals surface area contributed by atoms with E-state index >= 15 is 0 Å². The number of rotatable bonds is 3. The maximum atomic E-state index is 12.8. The van der Waals surface area contributed by atoms with E-state index in [1.807, 2.05) is 0 Å². The Morgan fingerprint density at radius 2 is 2.20 bits per heavy atom. The number of amides is 2. The molecule has 0 bridgehead atoms. The van der Waals surface area contributed by atoms with Gasteiger partial charge in [-0.15, -0.1) is 0 Å². The van der Waals surface area contributed by atoms with Crippen molar-refractivity contribution < 1.29 is 18.7 Å². The molecule has 0 radical (unpaired) electrons. The number of nitrogens with zero attached hydrogens (tertiary/aromatic N) is 2. The Morgan fingerprint density at radius 1 is 1.28 bits per heavy atom. The van der Waals surface area contributed by atoms with Gasteiger partial charge in [0.05, 0.1) is 36.2 Å². The average Bonchev–Trinajstić information content (AvgIpc) is 3.32. The highest BCUT2D eigenvalue weighted by Crippen LogP contribution is 2.33. The molecule has 2 aliphatic heterocycles. The van der Waals surface area contributed by atoms with Gasteiger partial charge in [-0.25, -0.2) is 0 Å². The van der Waals surface area contributed by atoms with Crippen molar-refractivity contribution in [1.29, 1.82) is 0 Å². The van der Waals surface area contributed by atoms with Gasteiger partial charge >= 0.3 is 0 Å². The first-order valence-electron chi connectivity index (χ1n) is 8.39. The number of carbonyl (C=O) groups excluding carboxylic acids is 2. The largest absolute Gasteiger partial charge is 0.459 e. The second-order valence-electron chi connectivity index (χ2n) is 6.36. The molecule has 0 aliphatic carbocycles. The highest BCUT2D eigenvalue weighted by atomic mass is 16.5. The van der Waals surface area contributed by atoms with Gasteiger partial charge in [0, 0.05) is 19.3 Å². The predicted molar refractivity (Wildman–Crippen MR) is 88.9 cm³/mol. The van der Waals surface area contributed by atoms with Crippen LogP contribution in [-0.2, 0) is 9.53 Å². The molecule has 2 saturated heterocycles. The Bertz CT molecular complexity index is 747. The third-order valence-corrected chi connectivity index (χ3v) is 4.80. The Morgan fingerprint density at radius 3 is 2.96 bits per heavy atom. The number of furan rings is 1. The van der Waals surface area contributed by atoms with E-state index in [1.54, 1.807) is 41.6 Å². The van der Waals surface area contributed by atoms with E-state index in [4.69, 9.17) is 9.15 Å². The van der Waals surface area contributed by atoms with Crippen LogP contribution in [0.15, 0.2) is 47.3 Å². The van der Waals surface area contributed by atoms with Crippen LogP contribution in [0, 0.1) is 5.92 Å².